The van der Waals surface area contributed by atoms with Gasteiger partial charge in [-0.05, 0) is 62.9 Å². The van der Waals surface area contributed by atoms with Gasteiger partial charge in [-0.15, -0.1) is 0 Å². The molecular formula is C32H35N3O8. The van der Waals surface area contributed by atoms with Crippen LogP contribution in [0.15, 0.2) is 53.0 Å². The number of ether oxygens (including phenoxy) is 1. The van der Waals surface area contributed by atoms with E-state index in [2.05, 4.69) is 17.4 Å². The first kappa shape index (κ1) is 28.9. The number of amides is 1. The maximum Gasteiger partial charge on any atom is 0.255 e. The summed E-state index contributed by atoms with van der Waals surface area (Å²) in [6, 6.07) is 8.88. The Labute approximate surface area is 248 Å². The van der Waals surface area contributed by atoms with Crippen LogP contribution in [0.3, 0.4) is 0 Å². The van der Waals surface area contributed by atoms with Crippen molar-refractivity contribution in [2.45, 2.75) is 49.9 Å². The summed E-state index contributed by atoms with van der Waals surface area (Å²) in [5.41, 5.74) is 5.32. The van der Waals surface area contributed by atoms with E-state index in [1.807, 2.05) is 12.1 Å². The van der Waals surface area contributed by atoms with E-state index in [4.69, 9.17) is 10.5 Å². The van der Waals surface area contributed by atoms with Gasteiger partial charge in [0, 0.05) is 35.2 Å². The topological polar surface area (TPSA) is 183 Å². The molecule has 0 aromatic heterocycles. The zero-order valence-corrected chi connectivity index (χ0v) is 24.2. The Morgan fingerprint density at radius 2 is 1.77 bits per heavy atom. The monoisotopic (exact) mass is 589 g/mol. The number of likely N-dealkylation sites (N-methyl/N-ethyl adjacent to an activating group) is 1. The van der Waals surface area contributed by atoms with Crippen molar-refractivity contribution in [3.8, 4) is 11.5 Å². The van der Waals surface area contributed by atoms with Crippen molar-refractivity contribution in [3.05, 3.63) is 80.8 Å². The number of nitrogens with two attached hydrogens (primary N) is 1. The van der Waals surface area contributed by atoms with E-state index >= 15 is 0 Å². The molecule has 11 heteroatoms. The molecule has 4 aliphatic carbocycles. The van der Waals surface area contributed by atoms with Gasteiger partial charge in [-0.2, -0.15) is 0 Å². The number of nitrogens with one attached hydrogen (secondary N) is 1. The summed E-state index contributed by atoms with van der Waals surface area (Å²) < 4.78 is 5.80. The first-order valence-corrected chi connectivity index (χ1v) is 14.3. The predicted octanol–water partition coefficient (Wildman–Crippen LogP) is 1.39. The van der Waals surface area contributed by atoms with Crippen LogP contribution in [0.4, 0.5) is 0 Å². The number of aromatic hydroxyl groups is 1. The van der Waals surface area contributed by atoms with Crippen LogP contribution in [0, 0.1) is 11.8 Å². The van der Waals surface area contributed by atoms with Gasteiger partial charge in [0.2, 0.25) is 5.78 Å². The lowest BCUT2D eigenvalue weighted by Gasteiger charge is -2.50. The van der Waals surface area contributed by atoms with E-state index in [1.165, 1.54) is 29.2 Å². The van der Waals surface area contributed by atoms with Gasteiger partial charge in [0.15, 0.2) is 11.4 Å². The third-order valence-electron chi connectivity index (χ3n) is 9.59. The first-order valence-electron chi connectivity index (χ1n) is 14.3. The molecule has 7 N–H and O–H groups in total. The molecule has 0 heterocycles. The molecule has 11 nitrogen and oxygen atoms in total. The molecule has 0 saturated carbocycles. The number of phenols is 1. The third kappa shape index (κ3) is 4.17. The lowest BCUT2D eigenvalue weighted by molar-refractivity contribution is -0.148. The Kier molecular flexibility index (Phi) is 6.87. The van der Waals surface area contributed by atoms with Gasteiger partial charge in [-0.25, -0.2) is 0 Å². The number of aliphatic hydroxyl groups excluding tert-OH is 2. The Hall–Kier alpha value is -4.19. The first-order chi connectivity index (χ1) is 20.4. The van der Waals surface area contributed by atoms with E-state index in [1.54, 1.807) is 14.1 Å². The number of hydrogen-bond donors (Lipinski definition) is 6. The molecule has 4 atom stereocenters. The number of primary amides is 1. The van der Waals surface area contributed by atoms with Crippen LogP contribution >= 0.6 is 0 Å². The minimum atomic E-state index is -2.67. The zero-order chi connectivity index (χ0) is 31.0. The predicted molar refractivity (Wildman–Crippen MR) is 155 cm³/mol. The summed E-state index contributed by atoms with van der Waals surface area (Å²) in [6.07, 6.45) is 1.92. The summed E-state index contributed by atoms with van der Waals surface area (Å²) in [4.78, 5) is 41.1. The van der Waals surface area contributed by atoms with Gasteiger partial charge < -0.3 is 36.2 Å². The van der Waals surface area contributed by atoms with Gasteiger partial charge in [0.05, 0.1) is 18.7 Å². The van der Waals surface area contributed by atoms with Gasteiger partial charge in [0.25, 0.3) is 5.91 Å². The Balaban J connectivity index is 1.38. The highest BCUT2D eigenvalue weighted by Crippen LogP contribution is 2.53. The highest BCUT2D eigenvalue weighted by atomic mass is 16.5. The maximum atomic E-state index is 13.9. The Morgan fingerprint density at radius 3 is 2.35 bits per heavy atom. The Bertz CT molecular complexity index is 1620. The van der Waals surface area contributed by atoms with E-state index in [9.17, 15) is 34.8 Å². The van der Waals surface area contributed by atoms with Crippen molar-refractivity contribution < 1.29 is 39.5 Å². The van der Waals surface area contributed by atoms with Crippen molar-refractivity contribution in [2.24, 2.45) is 17.6 Å². The van der Waals surface area contributed by atoms with Crippen LogP contribution in [0.25, 0.3) is 0 Å². The number of rotatable bonds is 6. The summed E-state index contributed by atoms with van der Waals surface area (Å²) in [6.45, 7) is 0.379. The lowest BCUT2D eigenvalue weighted by atomic mass is 9.58. The summed E-state index contributed by atoms with van der Waals surface area (Å²) >= 11 is 0. The van der Waals surface area contributed by atoms with Crippen LogP contribution in [-0.4, -0.2) is 81.7 Å². The normalized spacial score (nSPS) is 26.8. The molecule has 2 aromatic rings. The smallest absolute Gasteiger partial charge is 0.255 e. The molecule has 0 bridgehead atoms. The van der Waals surface area contributed by atoms with Crippen molar-refractivity contribution >= 4 is 17.5 Å². The minimum Gasteiger partial charge on any atom is -0.510 e. The van der Waals surface area contributed by atoms with Gasteiger partial charge in [-0.3, -0.25) is 19.3 Å². The van der Waals surface area contributed by atoms with Crippen molar-refractivity contribution in [2.75, 3.05) is 21.2 Å². The van der Waals surface area contributed by atoms with E-state index in [0.29, 0.717) is 23.4 Å². The molecule has 6 rings (SSSR count). The third-order valence-corrected chi connectivity index (χ3v) is 9.59. The van der Waals surface area contributed by atoms with Crippen molar-refractivity contribution in [1.82, 2.24) is 10.2 Å². The molecule has 2 aromatic carbocycles. The second-order valence-corrected chi connectivity index (χ2v) is 12.2. The molecule has 43 heavy (non-hydrogen) atoms. The van der Waals surface area contributed by atoms with Gasteiger partial charge in [0.1, 0.15) is 28.6 Å². The van der Waals surface area contributed by atoms with Crippen LogP contribution < -0.4 is 15.8 Å². The number of aliphatic hydroxyl groups is 3. The lowest BCUT2D eigenvalue weighted by Crippen LogP contribution is -2.63. The number of ketones is 2. The maximum absolute atomic E-state index is 13.9. The average Bonchev–Trinajstić information content (AvgIpc) is 3.36. The number of methoxy groups -OCH3 is 1. The van der Waals surface area contributed by atoms with Gasteiger partial charge in [-0.1, -0.05) is 24.3 Å². The largest absolute Gasteiger partial charge is 0.510 e. The van der Waals surface area contributed by atoms with Crippen molar-refractivity contribution in [1.29, 1.82) is 0 Å². The number of nitrogens with zero attached hydrogens (tertiary/aromatic N) is 1. The molecule has 226 valence electrons. The molecule has 0 saturated heterocycles. The molecule has 0 radical (unpaired) electrons. The van der Waals surface area contributed by atoms with Crippen LogP contribution in [0.5, 0.6) is 11.5 Å². The fourth-order valence-electron chi connectivity index (χ4n) is 7.71. The summed E-state index contributed by atoms with van der Waals surface area (Å²) in [5, 5.41) is 48.8. The van der Waals surface area contributed by atoms with Crippen LogP contribution in [0.1, 0.15) is 39.0 Å². The number of carbonyl (C=O) groups is 3. The summed E-state index contributed by atoms with van der Waals surface area (Å²) in [7, 11) is 4.68. The number of Topliss-reactive ketones (excluding diaryl/α,β-unsaturated/α-hetero) is 2. The highest BCUT2D eigenvalue weighted by molar-refractivity contribution is 6.24. The molecule has 0 fully saturated rings. The number of carbonyl (C=O) groups excluding carboxylic acids is 3. The highest BCUT2D eigenvalue weighted by Gasteiger charge is 2.63. The summed E-state index contributed by atoms with van der Waals surface area (Å²) in [5.74, 6) is -6.40. The second-order valence-electron chi connectivity index (χ2n) is 12.2. The van der Waals surface area contributed by atoms with E-state index in [0.717, 1.165) is 12.8 Å². The SMILES string of the molecule is COc1c(CNC2Cc3ccccc3C2)cc(O)c2c1C[C@H]1C[C@H]3[C@H](N(C)C)C(O)=C(C(N)=O)C(=O)[C@@]3(O)C(O)=C1C2=O. The number of phenolic OH excluding ortho intramolecular Hbond substituents is 1. The molecular weight excluding hydrogens is 554 g/mol. The van der Waals surface area contributed by atoms with E-state index < -0.39 is 58.0 Å². The molecule has 0 unspecified atom stereocenters. The molecule has 4 aliphatic rings. The van der Waals surface area contributed by atoms with Crippen molar-refractivity contribution in [3.63, 3.8) is 0 Å². The van der Waals surface area contributed by atoms with Crippen LogP contribution in [0.2, 0.25) is 0 Å². The fourth-order valence-corrected chi connectivity index (χ4v) is 7.71. The van der Waals surface area contributed by atoms with Gasteiger partial charge >= 0.3 is 0 Å². The minimum absolute atomic E-state index is 0.0124. The van der Waals surface area contributed by atoms with E-state index in [-0.39, 0.29) is 35.8 Å². The fraction of sp³-hybridized carbons (Fsp3) is 0.406. The second kappa shape index (κ2) is 10.2. The molecule has 0 aliphatic heterocycles. The number of allylic oxidation sites excluding steroid dienone is 1. The Morgan fingerprint density at radius 1 is 1.12 bits per heavy atom. The quantitative estimate of drug-likeness (QED) is 0.269. The number of benzene rings is 2. The zero-order valence-electron chi connectivity index (χ0n) is 24.2. The number of hydrogen-bond acceptors (Lipinski definition) is 10. The standard InChI is InChI=1S/C32H35N3O8/c1-35(2)25-20-11-16-10-19-23(26(37)22(16)29(39)32(20,42)30(40)24(27(25)38)31(33)41)21(36)12-17(28(19)43-3)13-34-18-8-14-6-4-5-7-15(14)9-18/h4-7,12,16,18,20,25,34,36,38-39,42H,8-11,13H2,1-3H3,(H2,33,41)/t16-,20-,25-,32-/m0/s1. The van der Waals surface area contributed by atoms with Crippen LogP contribution in [-0.2, 0) is 35.4 Å². The molecule has 0 spiro atoms. The average molecular weight is 590 g/mol. The molecule has 1 amide bonds. The number of fused-ring (bicyclic) bond motifs is 4.